The SMILES string of the molecule is CCCC(=O)Nc1cccc(NC(=O)N[C@@H](C)c2nncn2C(C)C)c1. The molecule has 0 bridgehead atoms. The van der Waals surface area contributed by atoms with Gasteiger partial charge in [0.15, 0.2) is 5.82 Å². The summed E-state index contributed by atoms with van der Waals surface area (Å²) < 4.78 is 1.91. The van der Waals surface area contributed by atoms with Crippen molar-refractivity contribution in [2.24, 2.45) is 0 Å². The van der Waals surface area contributed by atoms with Gasteiger partial charge in [-0.15, -0.1) is 10.2 Å². The number of amides is 3. The molecule has 8 nitrogen and oxygen atoms in total. The number of aromatic nitrogens is 3. The molecule has 3 amide bonds. The average molecular weight is 358 g/mol. The molecule has 26 heavy (non-hydrogen) atoms. The van der Waals surface area contributed by atoms with Crippen LogP contribution in [-0.4, -0.2) is 26.7 Å². The van der Waals surface area contributed by atoms with E-state index in [1.165, 1.54) is 0 Å². The smallest absolute Gasteiger partial charge is 0.319 e. The average Bonchev–Trinajstić information content (AvgIpc) is 3.05. The molecule has 1 aromatic carbocycles. The Morgan fingerprint density at radius 1 is 1.15 bits per heavy atom. The van der Waals surface area contributed by atoms with E-state index in [1.54, 1.807) is 30.6 Å². The Labute approximate surface area is 153 Å². The van der Waals surface area contributed by atoms with E-state index in [9.17, 15) is 9.59 Å². The van der Waals surface area contributed by atoms with Gasteiger partial charge >= 0.3 is 6.03 Å². The lowest BCUT2D eigenvalue weighted by molar-refractivity contribution is -0.116. The molecule has 3 N–H and O–H groups in total. The number of anilines is 2. The molecular weight excluding hydrogens is 332 g/mol. The zero-order chi connectivity index (χ0) is 19.1. The topological polar surface area (TPSA) is 101 Å². The Morgan fingerprint density at radius 3 is 2.50 bits per heavy atom. The van der Waals surface area contributed by atoms with Crippen LogP contribution in [0.25, 0.3) is 0 Å². The summed E-state index contributed by atoms with van der Waals surface area (Å²) >= 11 is 0. The van der Waals surface area contributed by atoms with Crippen molar-refractivity contribution < 1.29 is 9.59 Å². The first-order valence-corrected chi connectivity index (χ1v) is 8.77. The highest BCUT2D eigenvalue weighted by Crippen LogP contribution is 2.17. The first-order chi connectivity index (χ1) is 12.4. The summed E-state index contributed by atoms with van der Waals surface area (Å²) in [5, 5.41) is 16.4. The molecule has 0 saturated carbocycles. The molecule has 1 heterocycles. The Bertz CT molecular complexity index is 756. The van der Waals surface area contributed by atoms with Crippen molar-refractivity contribution in [1.29, 1.82) is 0 Å². The van der Waals surface area contributed by atoms with E-state index < -0.39 is 0 Å². The second kappa shape index (κ2) is 8.98. The van der Waals surface area contributed by atoms with Crippen molar-refractivity contribution in [1.82, 2.24) is 20.1 Å². The van der Waals surface area contributed by atoms with Crippen LogP contribution in [-0.2, 0) is 4.79 Å². The van der Waals surface area contributed by atoms with Crippen LogP contribution in [0.2, 0.25) is 0 Å². The monoisotopic (exact) mass is 358 g/mol. The predicted molar refractivity (Wildman–Crippen MR) is 101 cm³/mol. The number of carbonyl (C=O) groups excluding carboxylic acids is 2. The van der Waals surface area contributed by atoms with Crippen LogP contribution in [0.1, 0.15) is 58.4 Å². The fraction of sp³-hybridized carbons (Fsp3) is 0.444. The van der Waals surface area contributed by atoms with E-state index in [1.807, 2.05) is 32.3 Å². The third kappa shape index (κ3) is 5.30. The number of rotatable bonds is 7. The third-order valence-electron chi connectivity index (χ3n) is 3.77. The van der Waals surface area contributed by atoms with Crippen molar-refractivity contribution in [2.75, 3.05) is 10.6 Å². The maximum atomic E-state index is 12.3. The molecule has 0 unspecified atom stereocenters. The standard InChI is InChI=1S/C18H26N6O2/c1-5-7-16(25)21-14-8-6-9-15(10-14)22-18(26)20-13(4)17-23-19-11-24(17)12(2)3/h6,8-13H,5,7H2,1-4H3,(H,21,25)(H2,20,22,26)/t13-/m0/s1. The zero-order valence-electron chi connectivity index (χ0n) is 15.6. The molecule has 1 aromatic heterocycles. The molecular formula is C18H26N6O2. The van der Waals surface area contributed by atoms with Gasteiger partial charge in [0.25, 0.3) is 0 Å². The Kier molecular flexibility index (Phi) is 6.71. The summed E-state index contributed by atoms with van der Waals surface area (Å²) in [6.45, 7) is 7.85. The summed E-state index contributed by atoms with van der Waals surface area (Å²) in [4.78, 5) is 24.0. The van der Waals surface area contributed by atoms with Crippen LogP contribution in [0.5, 0.6) is 0 Å². The lowest BCUT2D eigenvalue weighted by atomic mass is 10.2. The number of nitrogens with zero attached hydrogens (tertiary/aromatic N) is 3. The summed E-state index contributed by atoms with van der Waals surface area (Å²) in [5.74, 6) is 0.645. The summed E-state index contributed by atoms with van der Waals surface area (Å²) in [7, 11) is 0. The number of hydrogen-bond donors (Lipinski definition) is 3. The van der Waals surface area contributed by atoms with Crippen molar-refractivity contribution in [3.8, 4) is 0 Å². The molecule has 1 atom stereocenters. The van der Waals surface area contributed by atoms with E-state index in [-0.39, 0.29) is 24.0 Å². The molecule has 0 aliphatic carbocycles. The quantitative estimate of drug-likeness (QED) is 0.705. The Hall–Kier alpha value is -2.90. The first-order valence-electron chi connectivity index (χ1n) is 8.77. The lowest BCUT2D eigenvalue weighted by Gasteiger charge is -2.17. The molecule has 0 aliphatic heterocycles. The van der Waals surface area contributed by atoms with Crippen LogP contribution in [0.3, 0.4) is 0 Å². The highest BCUT2D eigenvalue weighted by molar-refractivity contribution is 5.93. The molecule has 0 fully saturated rings. The van der Waals surface area contributed by atoms with Crippen LogP contribution in [0.15, 0.2) is 30.6 Å². The maximum absolute atomic E-state index is 12.3. The van der Waals surface area contributed by atoms with Crippen molar-refractivity contribution >= 4 is 23.3 Å². The Balaban J connectivity index is 1.97. The summed E-state index contributed by atoms with van der Waals surface area (Å²) in [6, 6.07) is 6.58. The Morgan fingerprint density at radius 2 is 1.85 bits per heavy atom. The molecule has 2 aromatic rings. The number of nitrogens with one attached hydrogen (secondary N) is 3. The second-order valence-electron chi connectivity index (χ2n) is 6.39. The largest absolute Gasteiger partial charge is 0.328 e. The van der Waals surface area contributed by atoms with Gasteiger partial charge < -0.3 is 20.5 Å². The highest BCUT2D eigenvalue weighted by atomic mass is 16.2. The summed E-state index contributed by atoms with van der Waals surface area (Å²) in [6.07, 6.45) is 2.90. The van der Waals surface area contributed by atoms with E-state index >= 15 is 0 Å². The molecule has 0 aliphatic rings. The molecule has 0 spiro atoms. The number of urea groups is 1. The molecule has 0 saturated heterocycles. The van der Waals surface area contributed by atoms with Gasteiger partial charge in [-0.1, -0.05) is 13.0 Å². The van der Waals surface area contributed by atoms with Crippen LogP contribution >= 0.6 is 0 Å². The zero-order valence-corrected chi connectivity index (χ0v) is 15.6. The van der Waals surface area contributed by atoms with Crippen molar-refractivity contribution in [3.63, 3.8) is 0 Å². The van der Waals surface area contributed by atoms with Gasteiger partial charge in [0.2, 0.25) is 5.91 Å². The molecule has 8 heteroatoms. The number of hydrogen-bond acceptors (Lipinski definition) is 4. The number of benzene rings is 1. The van der Waals surface area contributed by atoms with E-state index in [2.05, 4.69) is 26.1 Å². The lowest BCUT2D eigenvalue weighted by Crippen LogP contribution is -2.32. The second-order valence-corrected chi connectivity index (χ2v) is 6.39. The fourth-order valence-electron chi connectivity index (χ4n) is 2.51. The van der Waals surface area contributed by atoms with E-state index in [4.69, 9.17) is 0 Å². The minimum absolute atomic E-state index is 0.0456. The third-order valence-corrected chi connectivity index (χ3v) is 3.77. The minimum atomic E-state index is -0.354. The summed E-state index contributed by atoms with van der Waals surface area (Å²) in [5.41, 5.74) is 1.24. The molecule has 2 rings (SSSR count). The maximum Gasteiger partial charge on any atom is 0.319 e. The molecule has 140 valence electrons. The predicted octanol–water partition coefficient (Wildman–Crippen LogP) is 3.48. The van der Waals surface area contributed by atoms with Gasteiger partial charge in [-0.2, -0.15) is 0 Å². The van der Waals surface area contributed by atoms with Gasteiger partial charge in [0.05, 0.1) is 6.04 Å². The first kappa shape index (κ1) is 19.4. The van der Waals surface area contributed by atoms with Crippen LogP contribution in [0.4, 0.5) is 16.2 Å². The highest BCUT2D eigenvalue weighted by Gasteiger charge is 2.17. The minimum Gasteiger partial charge on any atom is -0.328 e. The van der Waals surface area contributed by atoms with Crippen molar-refractivity contribution in [2.45, 2.75) is 52.6 Å². The van der Waals surface area contributed by atoms with Crippen molar-refractivity contribution in [3.05, 3.63) is 36.4 Å². The fourth-order valence-corrected chi connectivity index (χ4v) is 2.51. The van der Waals surface area contributed by atoms with Gasteiger partial charge in [-0.05, 0) is 45.4 Å². The van der Waals surface area contributed by atoms with Crippen LogP contribution < -0.4 is 16.0 Å². The van der Waals surface area contributed by atoms with E-state index in [0.717, 1.165) is 6.42 Å². The number of carbonyl (C=O) groups is 2. The van der Waals surface area contributed by atoms with E-state index in [0.29, 0.717) is 23.6 Å². The van der Waals surface area contributed by atoms with Gasteiger partial charge in [0, 0.05) is 23.8 Å². The van der Waals surface area contributed by atoms with Gasteiger partial charge in [-0.25, -0.2) is 4.79 Å². The normalized spacial score (nSPS) is 11.9. The molecule has 0 radical (unpaired) electrons. The van der Waals surface area contributed by atoms with Gasteiger partial charge in [0.1, 0.15) is 6.33 Å². The van der Waals surface area contributed by atoms with Gasteiger partial charge in [-0.3, -0.25) is 4.79 Å². The van der Waals surface area contributed by atoms with Crippen LogP contribution in [0, 0.1) is 0 Å².